The van der Waals surface area contributed by atoms with E-state index in [9.17, 15) is 24.5 Å². The number of benzene rings is 1. The van der Waals surface area contributed by atoms with Gasteiger partial charge in [-0.05, 0) is 12.5 Å². The minimum Gasteiger partial charge on any atom is -0.480 e. The fraction of sp³-hybridized carbons (Fsp3) is 0.400. The fourth-order valence-corrected chi connectivity index (χ4v) is 2.03. The molecule has 0 aromatic heterocycles. The number of carboxylic acids is 1. The molecule has 0 heterocycles. The molecule has 0 aliphatic rings. The molecule has 1 atom stereocenters. The molecule has 0 bridgehead atoms. The normalized spacial score (nSPS) is 11.4. The number of amides is 2. The summed E-state index contributed by atoms with van der Waals surface area (Å²) in [4.78, 5) is 45.6. The Morgan fingerprint density at radius 3 is 2.33 bits per heavy atom. The standard InChI is InChI=1S/C15H19N3O6/c1-10(15(21)22)17(8-7-16-11(2)19)14(20)9-12-3-5-13(6-4-12)18(23)24/h3-6,10H,7-9H2,1-2H3,(H,16,19)(H,21,22). The number of hydrogen-bond donors (Lipinski definition) is 2. The second-order valence-corrected chi connectivity index (χ2v) is 5.18. The van der Waals surface area contributed by atoms with Gasteiger partial charge >= 0.3 is 5.97 Å². The predicted octanol–water partition coefficient (Wildman–Crippen LogP) is 0.575. The zero-order chi connectivity index (χ0) is 18.3. The second kappa shape index (κ2) is 8.61. The summed E-state index contributed by atoms with van der Waals surface area (Å²) >= 11 is 0. The Morgan fingerprint density at radius 2 is 1.88 bits per heavy atom. The molecule has 0 spiro atoms. The lowest BCUT2D eigenvalue weighted by molar-refractivity contribution is -0.384. The van der Waals surface area contributed by atoms with E-state index in [1.807, 2.05) is 0 Å². The number of nitrogens with one attached hydrogen (secondary N) is 1. The van der Waals surface area contributed by atoms with Crippen LogP contribution in [0.15, 0.2) is 24.3 Å². The third-order valence-electron chi connectivity index (χ3n) is 3.37. The lowest BCUT2D eigenvalue weighted by Gasteiger charge is -2.26. The predicted molar refractivity (Wildman–Crippen MR) is 84.3 cm³/mol. The number of nitrogens with zero attached hydrogens (tertiary/aromatic N) is 2. The first-order valence-corrected chi connectivity index (χ1v) is 7.22. The van der Waals surface area contributed by atoms with E-state index in [-0.39, 0.29) is 31.1 Å². The molecule has 0 saturated heterocycles. The van der Waals surface area contributed by atoms with Crippen molar-refractivity contribution >= 4 is 23.5 Å². The van der Waals surface area contributed by atoms with Crippen LogP contribution in [0.25, 0.3) is 0 Å². The van der Waals surface area contributed by atoms with Gasteiger partial charge in [0.05, 0.1) is 11.3 Å². The Labute approximate surface area is 138 Å². The van der Waals surface area contributed by atoms with Crippen LogP contribution in [-0.2, 0) is 20.8 Å². The zero-order valence-corrected chi connectivity index (χ0v) is 13.4. The van der Waals surface area contributed by atoms with E-state index in [4.69, 9.17) is 5.11 Å². The molecule has 2 N–H and O–H groups in total. The van der Waals surface area contributed by atoms with Crippen LogP contribution in [0, 0.1) is 10.1 Å². The number of carboxylic acid groups (broad SMARTS) is 1. The van der Waals surface area contributed by atoms with E-state index in [1.165, 1.54) is 38.1 Å². The van der Waals surface area contributed by atoms with Crippen LogP contribution in [0.2, 0.25) is 0 Å². The van der Waals surface area contributed by atoms with Gasteiger partial charge in [0, 0.05) is 32.1 Å². The molecular formula is C15H19N3O6. The van der Waals surface area contributed by atoms with Crippen LogP contribution in [-0.4, -0.2) is 51.8 Å². The summed E-state index contributed by atoms with van der Waals surface area (Å²) in [5.41, 5.74) is 0.445. The Kier molecular flexibility index (Phi) is 6.84. The van der Waals surface area contributed by atoms with Gasteiger partial charge in [0.15, 0.2) is 0 Å². The third kappa shape index (κ3) is 5.67. The number of rotatable bonds is 8. The fourth-order valence-electron chi connectivity index (χ4n) is 2.03. The number of carbonyl (C=O) groups is 3. The van der Waals surface area contributed by atoms with Crippen LogP contribution in [0.4, 0.5) is 5.69 Å². The SMILES string of the molecule is CC(=O)NCCN(C(=O)Cc1ccc([N+](=O)[O-])cc1)C(C)C(=O)O. The van der Waals surface area contributed by atoms with E-state index in [2.05, 4.69) is 5.32 Å². The summed E-state index contributed by atoms with van der Waals surface area (Å²) in [5, 5.41) is 22.2. The Morgan fingerprint density at radius 1 is 1.29 bits per heavy atom. The van der Waals surface area contributed by atoms with Crippen molar-refractivity contribution in [2.24, 2.45) is 0 Å². The molecule has 0 aliphatic heterocycles. The summed E-state index contributed by atoms with van der Waals surface area (Å²) in [6.07, 6.45) is -0.0876. The molecule has 1 aromatic carbocycles. The van der Waals surface area contributed by atoms with Crippen LogP contribution in [0.5, 0.6) is 0 Å². The highest BCUT2D eigenvalue weighted by Gasteiger charge is 2.25. The van der Waals surface area contributed by atoms with Crippen molar-refractivity contribution in [1.29, 1.82) is 0 Å². The topological polar surface area (TPSA) is 130 Å². The lowest BCUT2D eigenvalue weighted by Crippen LogP contribution is -2.47. The third-order valence-corrected chi connectivity index (χ3v) is 3.37. The Hall–Kier alpha value is -2.97. The average Bonchev–Trinajstić information content (AvgIpc) is 2.51. The zero-order valence-electron chi connectivity index (χ0n) is 13.4. The molecule has 1 aromatic rings. The minimum atomic E-state index is -1.16. The van der Waals surface area contributed by atoms with Gasteiger partial charge in [-0.25, -0.2) is 4.79 Å². The Bertz CT molecular complexity index is 629. The van der Waals surface area contributed by atoms with Crippen LogP contribution in [0.1, 0.15) is 19.4 Å². The van der Waals surface area contributed by atoms with Crippen LogP contribution < -0.4 is 5.32 Å². The van der Waals surface area contributed by atoms with Gasteiger partial charge in [0.1, 0.15) is 6.04 Å². The van der Waals surface area contributed by atoms with Gasteiger partial charge in [0.25, 0.3) is 5.69 Å². The van der Waals surface area contributed by atoms with Gasteiger partial charge in [-0.3, -0.25) is 19.7 Å². The molecule has 0 fully saturated rings. The molecule has 9 heteroatoms. The van der Waals surface area contributed by atoms with Crippen molar-refractivity contribution in [3.8, 4) is 0 Å². The number of non-ortho nitro benzene ring substituents is 1. The minimum absolute atomic E-state index is 0.0544. The van der Waals surface area contributed by atoms with Crippen molar-refractivity contribution in [3.05, 3.63) is 39.9 Å². The first-order chi connectivity index (χ1) is 11.2. The highest BCUT2D eigenvalue weighted by molar-refractivity contribution is 5.85. The number of hydrogen-bond acceptors (Lipinski definition) is 5. The maximum Gasteiger partial charge on any atom is 0.326 e. The molecule has 130 valence electrons. The van der Waals surface area contributed by atoms with Crippen LogP contribution >= 0.6 is 0 Å². The largest absolute Gasteiger partial charge is 0.480 e. The molecule has 24 heavy (non-hydrogen) atoms. The quantitative estimate of drug-likeness (QED) is 0.527. The van der Waals surface area contributed by atoms with E-state index in [0.29, 0.717) is 5.56 Å². The highest BCUT2D eigenvalue weighted by atomic mass is 16.6. The molecule has 1 rings (SSSR count). The number of nitro benzene ring substituents is 1. The molecule has 9 nitrogen and oxygen atoms in total. The van der Waals surface area contributed by atoms with Gasteiger partial charge in [0.2, 0.25) is 11.8 Å². The number of carbonyl (C=O) groups excluding carboxylic acids is 2. The van der Waals surface area contributed by atoms with Crippen molar-refractivity contribution in [1.82, 2.24) is 10.2 Å². The van der Waals surface area contributed by atoms with Crippen molar-refractivity contribution < 1.29 is 24.4 Å². The summed E-state index contributed by atoms with van der Waals surface area (Å²) in [7, 11) is 0. The number of nitro groups is 1. The van der Waals surface area contributed by atoms with Gasteiger partial charge in [-0.2, -0.15) is 0 Å². The van der Waals surface area contributed by atoms with Crippen molar-refractivity contribution in [3.63, 3.8) is 0 Å². The van der Waals surface area contributed by atoms with E-state index < -0.39 is 22.8 Å². The second-order valence-electron chi connectivity index (χ2n) is 5.18. The molecule has 0 saturated carbocycles. The van der Waals surface area contributed by atoms with E-state index in [0.717, 1.165) is 4.90 Å². The van der Waals surface area contributed by atoms with E-state index in [1.54, 1.807) is 0 Å². The maximum atomic E-state index is 12.4. The van der Waals surface area contributed by atoms with Crippen molar-refractivity contribution in [2.75, 3.05) is 13.1 Å². The Balaban J connectivity index is 2.80. The van der Waals surface area contributed by atoms with Crippen molar-refractivity contribution in [2.45, 2.75) is 26.3 Å². The monoisotopic (exact) mass is 337 g/mol. The first kappa shape index (κ1) is 19.1. The average molecular weight is 337 g/mol. The first-order valence-electron chi connectivity index (χ1n) is 7.22. The van der Waals surface area contributed by atoms with Gasteiger partial charge < -0.3 is 15.3 Å². The summed E-state index contributed by atoms with van der Waals surface area (Å²) in [6.45, 7) is 2.89. The summed E-state index contributed by atoms with van der Waals surface area (Å²) in [5.74, 6) is -1.88. The summed E-state index contributed by atoms with van der Waals surface area (Å²) in [6, 6.07) is 4.42. The molecular weight excluding hydrogens is 318 g/mol. The van der Waals surface area contributed by atoms with Gasteiger partial charge in [-0.1, -0.05) is 12.1 Å². The molecule has 0 radical (unpaired) electrons. The molecule has 2 amide bonds. The highest BCUT2D eigenvalue weighted by Crippen LogP contribution is 2.13. The lowest BCUT2D eigenvalue weighted by atomic mass is 10.1. The van der Waals surface area contributed by atoms with Crippen LogP contribution in [0.3, 0.4) is 0 Å². The number of aliphatic carboxylic acids is 1. The summed E-state index contributed by atoms with van der Waals surface area (Å²) < 4.78 is 0. The smallest absolute Gasteiger partial charge is 0.326 e. The maximum absolute atomic E-state index is 12.4. The molecule has 1 unspecified atom stereocenters. The van der Waals surface area contributed by atoms with Gasteiger partial charge in [-0.15, -0.1) is 0 Å². The van der Waals surface area contributed by atoms with E-state index >= 15 is 0 Å². The molecule has 0 aliphatic carbocycles.